The van der Waals surface area contributed by atoms with Crippen LogP contribution in [-0.2, 0) is 19.5 Å². The van der Waals surface area contributed by atoms with Gasteiger partial charge < -0.3 is 5.73 Å². The lowest BCUT2D eigenvalue weighted by Gasteiger charge is -2.28. The minimum absolute atomic E-state index is 0.201. The Labute approximate surface area is 111 Å². The molecule has 1 aliphatic heterocycles. The van der Waals surface area contributed by atoms with Crippen molar-refractivity contribution in [3.8, 4) is 0 Å². The van der Waals surface area contributed by atoms with Crippen molar-refractivity contribution in [2.45, 2.75) is 19.5 Å². The predicted octanol–water partition coefficient (Wildman–Crippen LogP) is 1.76. The lowest BCUT2D eigenvalue weighted by molar-refractivity contribution is 0.241. The highest BCUT2D eigenvalue weighted by atomic mass is 19.1. The van der Waals surface area contributed by atoms with Crippen LogP contribution in [0.4, 0.5) is 10.2 Å². The van der Waals surface area contributed by atoms with Gasteiger partial charge in [-0.05, 0) is 24.1 Å². The number of anilines is 1. The Morgan fingerprint density at radius 1 is 1.21 bits per heavy atom. The van der Waals surface area contributed by atoms with Crippen LogP contribution in [0.5, 0.6) is 0 Å². The van der Waals surface area contributed by atoms with Crippen LogP contribution in [0, 0.1) is 5.82 Å². The first-order valence-corrected chi connectivity index (χ1v) is 6.27. The van der Waals surface area contributed by atoms with Gasteiger partial charge in [-0.1, -0.05) is 12.1 Å². The van der Waals surface area contributed by atoms with E-state index in [1.165, 1.54) is 18.5 Å². The number of hydrogen-bond donors (Lipinski definition) is 1. The lowest BCUT2D eigenvalue weighted by Crippen LogP contribution is -2.31. The third-order valence-corrected chi connectivity index (χ3v) is 3.44. The largest absolute Gasteiger partial charge is 0.383 e. The Bertz CT molecular complexity index is 582. The summed E-state index contributed by atoms with van der Waals surface area (Å²) in [6.07, 6.45) is 2.37. The van der Waals surface area contributed by atoms with Crippen molar-refractivity contribution >= 4 is 5.82 Å². The van der Waals surface area contributed by atoms with Crippen molar-refractivity contribution in [3.05, 3.63) is 53.2 Å². The molecular formula is C14H15FN4. The first-order chi connectivity index (χ1) is 9.22. The maximum Gasteiger partial charge on any atom is 0.130 e. The Hall–Kier alpha value is -2.01. The summed E-state index contributed by atoms with van der Waals surface area (Å²) < 4.78 is 12.9. The average Bonchev–Trinajstić information content (AvgIpc) is 2.42. The Kier molecular flexibility index (Phi) is 3.13. The molecule has 0 bridgehead atoms. The molecule has 5 heteroatoms. The summed E-state index contributed by atoms with van der Waals surface area (Å²) in [5, 5.41) is 0. The van der Waals surface area contributed by atoms with Gasteiger partial charge in [-0.15, -0.1) is 0 Å². The second kappa shape index (κ2) is 4.93. The number of halogens is 1. The number of nitrogens with two attached hydrogens (primary N) is 1. The zero-order valence-electron chi connectivity index (χ0n) is 10.5. The van der Waals surface area contributed by atoms with Gasteiger partial charge in [-0.2, -0.15) is 0 Å². The molecule has 0 saturated carbocycles. The van der Waals surface area contributed by atoms with Crippen molar-refractivity contribution in [2.75, 3.05) is 12.3 Å². The molecule has 0 atom stereocenters. The van der Waals surface area contributed by atoms with E-state index < -0.39 is 0 Å². The lowest BCUT2D eigenvalue weighted by atomic mass is 10.0. The zero-order valence-corrected chi connectivity index (χ0v) is 10.5. The molecule has 0 spiro atoms. The third kappa shape index (κ3) is 2.56. The van der Waals surface area contributed by atoms with Gasteiger partial charge in [0.05, 0.1) is 5.69 Å². The molecule has 0 aliphatic carbocycles. The van der Waals surface area contributed by atoms with E-state index in [0.717, 1.165) is 42.9 Å². The number of hydrogen-bond acceptors (Lipinski definition) is 4. The van der Waals surface area contributed by atoms with Crippen LogP contribution < -0.4 is 5.73 Å². The summed E-state index contributed by atoms with van der Waals surface area (Å²) in [7, 11) is 0. The summed E-state index contributed by atoms with van der Waals surface area (Å²) in [6.45, 7) is 2.48. The van der Waals surface area contributed by atoms with Gasteiger partial charge in [-0.25, -0.2) is 14.4 Å². The van der Waals surface area contributed by atoms with Crippen LogP contribution in [0.15, 0.2) is 30.6 Å². The molecule has 1 aromatic carbocycles. The molecule has 1 aliphatic rings. The van der Waals surface area contributed by atoms with Crippen molar-refractivity contribution in [3.63, 3.8) is 0 Å². The van der Waals surface area contributed by atoms with Gasteiger partial charge in [-0.3, -0.25) is 4.90 Å². The fraction of sp³-hybridized carbons (Fsp3) is 0.286. The van der Waals surface area contributed by atoms with Gasteiger partial charge in [0.1, 0.15) is 18.0 Å². The molecule has 0 fully saturated rings. The monoisotopic (exact) mass is 258 g/mol. The molecule has 98 valence electrons. The van der Waals surface area contributed by atoms with E-state index in [9.17, 15) is 4.39 Å². The van der Waals surface area contributed by atoms with Crippen LogP contribution >= 0.6 is 0 Å². The molecule has 2 aromatic rings. The van der Waals surface area contributed by atoms with Crippen LogP contribution in [0.3, 0.4) is 0 Å². The summed E-state index contributed by atoms with van der Waals surface area (Å²) in [5.74, 6) is 0.389. The zero-order chi connectivity index (χ0) is 13.2. The van der Waals surface area contributed by atoms with Crippen LogP contribution in [0.25, 0.3) is 0 Å². The number of rotatable bonds is 2. The minimum Gasteiger partial charge on any atom is -0.383 e. The van der Waals surface area contributed by atoms with E-state index in [1.54, 1.807) is 0 Å². The highest BCUT2D eigenvalue weighted by Gasteiger charge is 2.19. The Morgan fingerprint density at radius 2 is 2.00 bits per heavy atom. The molecular weight excluding hydrogens is 243 g/mol. The minimum atomic E-state index is -0.201. The quantitative estimate of drug-likeness (QED) is 0.891. The summed E-state index contributed by atoms with van der Waals surface area (Å²) in [4.78, 5) is 10.6. The van der Waals surface area contributed by atoms with Crippen LogP contribution in [0.2, 0.25) is 0 Å². The summed E-state index contributed by atoms with van der Waals surface area (Å²) >= 11 is 0. The predicted molar refractivity (Wildman–Crippen MR) is 70.7 cm³/mol. The molecule has 0 unspecified atom stereocenters. The fourth-order valence-electron chi connectivity index (χ4n) is 2.42. The maximum absolute atomic E-state index is 12.9. The Morgan fingerprint density at radius 3 is 2.79 bits per heavy atom. The molecule has 19 heavy (non-hydrogen) atoms. The molecule has 2 N–H and O–H groups in total. The number of aromatic nitrogens is 2. The standard InChI is InChI=1S/C14H15FN4/c15-11-3-1-10(2-4-11)7-19-6-5-12-13(8-19)17-9-18-14(12)16/h1-4,9H,5-8H2,(H2,16,17,18). The van der Waals surface area contributed by atoms with Gasteiger partial charge in [0.2, 0.25) is 0 Å². The second-order valence-corrected chi connectivity index (χ2v) is 4.77. The van der Waals surface area contributed by atoms with Crippen LogP contribution in [0.1, 0.15) is 16.8 Å². The molecule has 1 aromatic heterocycles. The van der Waals surface area contributed by atoms with Gasteiger partial charge in [0.25, 0.3) is 0 Å². The second-order valence-electron chi connectivity index (χ2n) is 4.77. The third-order valence-electron chi connectivity index (χ3n) is 3.44. The highest BCUT2D eigenvalue weighted by molar-refractivity contribution is 5.42. The number of nitrogen functional groups attached to an aromatic ring is 1. The molecule has 2 heterocycles. The Balaban J connectivity index is 1.74. The number of nitrogens with zero attached hydrogens (tertiary/aromatic N) is 3. The normalized spacial score (nSPS) is 15.2. The van der Waals surface area contributed by atoms with Gasteiger partial charge in [0.15, 0.2) is 0 Å². The highest BCUT2D eigenvalue weighted by Crippen LogP contribution is 2.21. The number of fused-ring (bicyclic) bond motifs is 1. The van der Waals surface area contributed by atoms with Crippen molar-refractivity contribution in [2.24, 2.45) is 0 Å². The topological polar surface area (TPSA) is 55.0 Å². The summed E-state index contributed by atoms with van der Waals surface area (Å²) in [6, 6.07) is 6.62. The molecule has 4 nitrogen and oxygen atoms in total. The molecule has 0 radical (unpaired) electrons. The molecule has 0 saturated heterocycles. The van der Waals surface area contributed by atoms with Crippen LogP contribution in [-0.4, -0.2) is 21.4 Å². The van der Waals surface area contributed by atoms with E-state index in [1.807, 2.05) is 12.1 Å². The average molecular weight is 258 g/mol. The van der Waals surface area contributed by atoms with Gasteiger partial charge in [0, 0.05) is 25.2 Å². The SMILES string of the molecule is Nc1ncnc2c1CCN(Cc1ccc(F)cc1)C2. The smallest absolute Gasteiger partial charge is 0.130 e. The fourth-order valence-corrected chi connectivity index (χ4v) is 2.42. The van der Waals surface area contributed by atoms with Crippen molar-refractivity contribution < 1.29 is 4.39 Å². The van der Waals surface area contributed by atoms with Crippen molar-refractivity contribution in [1.82, 2.24) is 14.9 Å². The molecule has 0 amide bonds. The first-order valence-electron chi connectivity index (χ1n) is 6.27. The molecule has 3 rings (SSSR count). The first kappa shape index (κ1) is 12.0. The van der Waals surface area contributed by atoms with E-state index in [4.69, 9.17) is 5.73 Å². The van der Waals surface area contributed by atoms with E-state index >= 15 is 0 Å². The van der Waals surface area contributed by atoms with E-state index in [-0.39, 0.29) is 5.82 Å². The number of benzene rings is 1. The maximum atomic E-state index is 12.9. The van der Waals surface area contributed by atoms with E-state index in [0.29, 0.717) is 5.82 Å². The van der Waals surface area contributed by atoms with E-state index in [2.05, 4.69) is 14.9 Å². The van der Waals surface area contributed by atoms with Gasteiger partial charge >= 0.3 is 0 Å². The van der Waals surface area contributed by atoms with Crippen molar-refractivity contribution in [1.29, 1.82) is 0 Å². The summed E-state index contributed by atoms with van der Waals surface area (Å²) in [5.41, 5.74) is 9.02.